The molecule has 274 valence electrons. The Hall–Kier alpha value is -6.46. The Morgan fingerprint density at radius 2 is 1.18 bits per heavy atom. The summed E-state index contributed by atoms with van der Waals surface area (Å²) in [6.45, 7) is 13.7. The predicted molar refractivity (Wildman–Crippen MR) is 241 cm³/mol. The largest absolute Gasteiger partial charge is 0.466 e. The van der Waals surface area contributed by atoms with Crippen LogP contribution in [-0.2, 0) is 10.8 Å². The molecule has 7 aromatic carbocycles. The molecule has 5 heterocycles. The van der Waals surface area contributed by atoms with E-state index in [1.165, 1.54) is 82.7 Å². The van der Waals surface area contributed by atoms with E-state index >= 15 is 0 Å². The van der Waals surface area contributed by atoms with Crippen molar-refractivity contribution in [2.75, 3.05) is 4.90 Å². The van der Waals surface area contributed by atoms with Gasteiger partial charge in [-0.2, -0.15) is 0 Å². The van der Waals surface area contributed by atoms with E-state index in [9.17, 15) is 0 Å². The molecule has 12 rings (SSSR count). The fourth-order valence-corrected chi connectivity index (χ4v) is 10.1. The second-order valence-corrected chi connectivity index (χ2v) is 18.2. The van der Waals surface area contributed by atoms with Crippen molar-refractivity contribution in [3.8, 4) is 16.8 Å². The Balaban J connectivity index is 1.25. The van der Waals surface area contributed by atoms with Crippen LogP contribution in [0.5, 0.6) is 0 Å². The molecule has 0 spiro atoms. The molecule has 57 heavy (non-hydrogen) atoms. The zero-order valence-corrected chi connectivity index (χ0v) is 33.2. The van der Waals surface area contributed by atoms with E-state index in [0.29, 0.717) is 0 Å². The molecular formula is C52H42BN3O. The van der Waals surface area contributed by atoms with Crippen LogP contribution in [0.1, 0.15) is 52.7 Å². The molecule has 10 aromatic rings. The molecule has 0 saturated heterocycles. The molecule has 0 unspecified atom stereocenters. The predicted octanol–water partition coefficient (Wildman–Crippen LogP) is 12.7. The molecular weight excluding hydrogens is 693 g/mol. The summed E-state index contributed by atoms with van der Waals surface area (Å²) in [4.78, 5) is 2.50. The van der Waals surface area contributed by atoms with Crippen LogP contribution in [0.25, 0.3) is 71.4 Å². The van der Waals surface area contributed by atoms with Crippen molar-refractivity contribution in [2.45, 2.75) is 52.4 Å². The van der Waals surface area contributed by atoms with Gasteiger partial charge in [0, 0.05) is 60.6 Å². The first kappa shape index (κ1) is 32.8. The minimum Gasteiger partial charge on any atom is -0.466 e. The average molecular weight is 736 g/mol. The van der Waals surface area contributed by atoms with Crippen molar-refractivity contribution < 1.29 is 4.42 Å². The Morgan fingerprint density at radius 1 is 0.509 bits per heavy atom. The molecule has 0 fully saturated rings. The number of hydrogen-bond donors (Lipinski definition) is 0. The number of furan rings is 1. The topological polar surface area (TPSA) is 26.2 Å². The number of aromatic nitrogens is 2. The highest BCUT2D eigenvalue weighted by atomic mass is 16.3. The average Bonchev–Trinajstić information content (AvgIpc) is 3.87. The molecule has 0 amide bonds. The number of fused-ring (bicyclic) bond motifs is 13. The molecule has 0 aliphatic carbocycles. The fraction of sp³-hybridized carbons (Fsp3) is 0.154. The zero-order chi connectivity index (χ0) is 38.5. The SMILES string of the molecule is CC(C)(C)c1ccc(N2c3cc(C(C)(C)C)cc4c3B(c3oc5ccccc5c32)n2c3ccc5c(c6ccccc6n5-c5ccccc5)c3c3cccc-4c32)cc1. The van der Waals surface area contributed by atoms with E-state index in [1.807, 2.05) is 0 Å². The molecule has 5 heteroatoms. The van der Waals surface area contributed by atoms with E-state index in [0.717, 1.165) is 28.0 Å². The van der Waals surface area contributed by atoms with Crippen molar-refractivity contribution in [3.05, 3.63) is 157 Å². The van der Waals surface area contributed by atoms with Crippen LogP contribution < -0.4 is 16.0 Å². The van der Waals surface area contributed by atoms with Gasteiger partial charge >= 0.3 is 6.85 Å². The highest BCUT2D eigenvalue weighted by molar-refractivity contribution is 6.89. The summed E-state index contributed by atoms with van der Waals surface area (Å²) in [6.07, 6.45) is 0. The molecule has 0 saturated carbocycles. The molecule has 4 nitrogen and oxygen atoms in total. The van der Waals surface area contributed by atoms with Crippen LogP contribution in [0.15, 0.2) is 150 Å². The third-order valence-corrected chi connectivity index (χ3v) is 12.8. The summed E-state index contributed by atoms with van der Waals surface area (Å²) in [7, 11) is 0. The summed E-state index contributed by atoms with van der Waals surface area (Å²) in [5, 5.41) is 6.24. The van der Waals surface area contributed by atoms with Crippen LogP contribution in [0.2, 0.25) is 0 Å². The number of anilines is 3. The van der Waals surface area contributed by atoms with Crippen molar-refractivity contribution in [1.29, 1.82) is 0 Å². The van der Waals surface area contributed by atoms with Crippen molar-refractivity contribution >= 4 is 89.6 Å². The first-order valence-electron chi connectivity index (χ1n) is 20.2. The Morgan fingerprint density at radius 3 is 1.95 bits per heavy atom. The molecule has 3 aromatic heterocycles. The lowest BCUT2D eigenvalue weighted by molar-refractivity contribution is 0.590. The maximum atomic E-state index is 7.18. The number of para-hydroxylation sites is 4. The lowest BCUT2D eigenvalue weighted by atomic mass is 9.47. The molecule has 0 atom stereocenters. The molecule has 0 N–H and O–H groups in total. The standard InChI is InChI=1S/C52H42BN3O/c1-51(2,3)31-23-25-34(26-24-31)55-43-30-32(52(4,5)6)29-39-35-19-14-20-38-46-42(56(48(35)38)53(47(39)43)50-49(55)37-18-11-13-22-44(37)57-50)28-27-41-45(46)36-17-10-12-21-40(36)54(41)33-15-8-7-9-16-33/h7-30H,1-6H3. The normalized spacial score (nSPS) is 13.7. The highest BCUT2D eigenvalue weighted by Gasteiger charge is 2.47. The number of nitrogens with zero attached hydrogens (tertiary/aromatic N) is 3. The van der Waals surface area contributed by atoms with Crippen LogP contribution in [-0.4, -0.2) is 15.9 Å². The van der Waals surface area contributed by atoms with Gasteiger partial charge in [-0.05, 0) is 93.6 Å². The van der Waals surface area contributed by atoms with Crippen molar-refractivity contribution in [3.63, 3.8) is 0 Å². The van der Waals surface area contributed by atoms with Gasteiger partial charge in [0.2, 0.25) is 0 Å². The fourth-order valence-electron chi connectivity index (χ4n) is 10.1. The van der Waals surface area contributed by atoms with Gasteiger partial charge in [-0.25, -0.2) is 0 Å². The molecule has 0 bridgehead atoms. The van der Waals surface area contributed by atoms with Crippen molar-refractivity contribution in [1.82, 2.24) is 9.05 Å². The highest BCUT2D eigenvalue weighted by Crippen LogP contribution is 2.50. The summed E-state index contributed by atoms with van der Waals surface area (Å²) in [5.74, 6) is 0. The maximum Gasteiger partial charge on any atom is 0.375 e. The van der Waals surface area contributed by atoms with Crippen LogP contribution in [0, 0.1) is 0 Å². The number of hydrogen-bond acceptors (Lipinski definition) is 2. The second-order valence-electron chi connectivity index (χ2n) is 18.2. The van der Waals surface area contributed by atoms with E-state index < -0.39 is 0 Å². The van der Waals surface area contributed by atoms with E-state index in [4.69, 9.17) is 4.42 Å². The van der Waals surface area contributed by atoms with Gasteiger partial charge in [0.15, 0.2) is 0 Å². The maximum absolute atomic E-state index is 7.18. The Bertz CT molecular complexity index is 3310. The van der Waals surface area contributed by atoms with Crippen LogP contribution >= 0.6 is 0 Å². The van der Waals surface area contributed by atoms with E-state index in [-0.39, 0.29) is 17.7 Å². The Labute approximate surface area is 332 Å². The smallest absolute Gasteiger partial charge is 0.375 e. The van der Waals surface area contributed by atoms with Crippen molar-refractivity contribution in [2.24, 2.45) is 0 Å². The van der Waals surface area contributed by atoms with Crippen LogP contribution in [0.4, 0.5) is 17.1 Å². The minimum atomic E-state index is -0.175. The van der Waals surface area contributed by atoms with Gasteiger partial charge in [-0.15, -0.1) is 0 Å². The van der Waals surface area contributed by atoms with Crippen LogP contribution in [0.3, 0.4) is 0 Å². The lowest BCUT2D eigenvalue weighted by Crippen LogP contribution is -2.56. The zero-order valence-electron chi connectivity index (χ0n) is 33.2. The first-order chi connectivity index (χ1) is 27.6. The first-order valence-corrected chi connectivity index (χ1v) is 20.2. The summed E-state index contributed by atoms with van der Waals surface area (Å²) >= 11 is 0. The van der Waals surface area contributed by atoms with Gasteiger partial charge < -0.3 is 18.4 Å². The van der Waals surface area contributed by atoms with Gasteiger partial charge in [0.25, 0.3) is 0 Å². The monoisotopic (exact) mass is 735 g/mol. The molecule has 2 aliphatic heterocycles. The summed E-state index contributed by atoms with van der Waals surface area (Å²) in [6, 6.07) is 54.1. The summed E-state index contributed by atoms with van der Waals surface area (Å²) < 4.78 is 12.2. The van der Waals surface area contributed by atoms with Gasteiger partial charge in [0.1, 0.15) is 11.2 Å². The summed E-state index contributed by atoms with van der Waals surface area (Å²) in [5.41, 5.74) is 17.9. The van der Waals surface area contributed by atoms with E-state index in [2.05, 4.69) is 201 Å². The number of benzene rings is 7. The van der Waals surface area contributed by atoms with E-state index in [1.54, 1.807) is 0 Å². The van der Waals surface area contributed by atoms with Gasteiger partial charge in [-0.3, -0.25) is 0 Å². The second kappa shape index (κ2) is 11.1. The molecule has 2 aliphatic rings. The lowest BCUT2D eigenvalue weighted by Gasteiger charge is -2.39. The number of rotatable bonds is 2. The third-order valence-electron chi connectivity index (χ3n) is 12.8. The van der Waals surface area contributed by atoms with Gasteiger partial charge in [-0.1, -0.05) is 126 Å². The molecule has 0 radical (unpaired) electrons. The Kier molecular flexibility index (Phi) is 6.38. The van der Waals surface area contributed by atoms with Gasteiger partial charge in [0.05, 0.1) is 16.7 Å². The minimum absolute atomic E-state index is 0.0493. The quantitative estimate of drug-likeness (QED) is 0.165. The third kappa shape index (κ3) is 4.35.